The van der Waals surface area contributed by atoms with Gasteiger partial charge in [0.15, 0.2) is 0 Å². The second kappa shape index (κ2) is 8.56. The van der Waals surface area contributed by atoms with Gasteiger partial charge in [-0.2, -0.15) is 0 Å². The largest absolute Gasteiger partial charge is 0.443 e. The van der Waals surface area contributed by atoms with E-state index in [2.05, 4.69) is 5.32 Å². The Morgan fingerprint density at radius 3 is 2.43 bits per heavy atom. The van der Waals surface area contributed by atoms with Crippen LogP contribution < -0.4 is 5.32 Å². The predicted octanol–water partition coefficient (Wildman–Crippen LogP) is 4.34. The molecule has 0 aliphatic carbocycles. The molecule has 122 valence electrons. The summed E-state index contributed by atoms with van der Waals surface area (Å²) in [7, 11) is 1.57. The molecule has 0 bridgehead atoms. The number of hydrogen-bond donors (Lipinski definition) is 1. The molecule has 23 heavy (non-hydrogen) atoms. The number of carbonyl (C=O) groups excluding carboxylic acids is 1. The Morgan fingerprint density at radius 1 is 1.13 bits per heavy atom. The zero-order valence-corrected chi connectivity index (χ0v) is 13.9. The van der Waals surface area contributed by atoms with E-state index in [4.69, 9.17) is 21.1 Å². The molecular weight excluding hydrogens is 314 g/mol. The van der Waals surface area contributed by atoms with Crippen LogP contribution in [0.4, 0.5) is 4.79 Å². The standard InChI is InChI=1S/C18H20ClNO3/c1-13(17(22-2)15-10-6-7-11-16(15)19)23-18(21)20-12-14-8-4-3-5-9-14/h3-11,13,17H,12H2,1-2H3,(H,20,21)/t13-,17+/m1/s1. The van der Waals surface area contributed by atoms with Gasteiger partial charge in [-0.05, 0) is 18.6 Å². The SMILES string of the molecule is CO[C@H](c1ccccc1Cl)[C@@H](C)OC(=O)NCc1ccccc1. The van der Waals surface area contributed by atoms with Gasteiger partial charge in [-0.15, -0.1) is 0 Å². The maximum atomic E-state index is 11.9. The van der Waals surface area contributed by atoms with E-state index in [0.29, 0.717) is 11.6 Å². The Hall–Kier alpha value is -2.04. The van der Waals surface area contributed by atoms with Crippen LogP contribution in [0.2, 0.25) is 5.02 Å². The molecule has 1 N–H and O–H groups in total. The monoisotopic (exact) mass is 333 g/mol. The molecule has 0 heterocycles. The maximum absolute atomic E-state index is 11.9. The Bertz CT molecular complexity index is 633. The highest BCUT2D eigenvalue weighted by Crippen LogP contribution is 2.28. The number of rotatable bonds is 6. The Balaban J connectivity index is 1.92. The number of benzene rings is 2. The molecule has 5 heteroatoms. The molecular formula is C18H20ClNO3. The molecule has 0 saturated heterocycles. The van der Waals surface area contributed by atoms with Crippen LogP contribution >= 0.6 is 11.6 Å². The highest BCUT2D eigenvalue weighted by atomic mass is 35.5. The van der Waals surface area contributed by atoms with Crippen molar-refractivity contribution in [1.82, 2.24) is 5.32 Å². The van der Waals surface area contributed by atoms with Gasteiger partial charge in [0.05, 0.1) is 0 Å². The Morgan fingerprint density at radius 2 is 1.78 bits per heavy atom. The molecule has 2 rings (SSSR count). The van der Waals surface area contributed by atoms with Crippen molar-refractivity contribution in [2.24, 2.45) is 0 Å². The third-order valence-electron chi connectivity index (χ3n) is 3.46. The quantitative estimate of drug-likeness (QED) is 0.855. The van der Waals surface area contributed by atoms with Crippen molar-refractivity contribution in [3.63, 3.8) is 0 Å². The van der Waals surface area contributed by atoms with Crippen molar-refractivity contribution < 1.29 is 14.3 Å². The van der Waals surface area contributed by atoms with Crippen molar-refractivity contribution >= 4 is 17.7 Å². The van der Waals surface area contributed by atoms with Gasteiger partial charge in [0.2, 0.25) is 0 Å². The normalized spacial score (nSPS) is 13.2. The molecule has 2 aromatic carbocycles. The van der Waals surface area contributed by atoms with E-state index in [1.165, 1.54) is 0 Å². The molecule has 2 aromatic rings. The number of hydrogen-bond acceptors (Lipinski definition) is 3. The molecule has 0 aliphatic rings. The van der Waals surface area contributed by atoms with E-state index >= 15 is 0 Å². The number of alkyl carbamates (subject to hydrolysis) is 1. The van der Waals surface area contributed by atoms with Crippen LogP contribution in [0, 0.1) is 0 Å². The van der Waals surface area contributed by atoms with Crippen molar-refractivity contribution in [1.29, 1.82) is 0 Å². The minimum Gasteiger partial charge on any atom is -0.443 e. The first-order valence-electron chi connectivity index (χ1n) is 7.37. The van der Waals surface area contributed by atoms with Crippen molar-refractivity contribution in [3.05, 3.63) is 70.7 Å². The minimum absolute atomic E-state index is 0.413. The first-order chi connectivity index (χ1) is 11.1. The van der Waals surface area contributed by atoms with Crippen LogP contribution in [0.5, 0.6) is 0 Å². The summed E-state index contributed by atoms with van der Waals surface area (Å²) >= 11 is 6.18. The van der Waals surface area contributed by atoms with Crippen LogP contribution in [-0.2, 0) is 16.0 Å². The average molecular weight is 334 g/mol. The minimum atomic E-state index is -0.490. The van der Waals surface area contributed by atoms with Crippen molar-refractivity contribution in [3.8, 4) is 0 Å². The number of halogens is 1. The van der Waals surface area contributed by atoms with Crippen LogP contribution in [-0.4, -0.2) is 19.3 Å². The zero-order chi connectivity index (χ0) is 16.7. The average Bonchev–Trinajstić information content (AvgIpc) is 2.56. The molecule has 4 nitrogen and oxygen atoms in total. The van der Waals surface area contributed by atoms with Gasteiger partial charge >= 0.3 is 6.09 Å². The molecule has 0 aliphatic heterocycles. The van der Waals surface area contributed by atoms with Crippen LogP contribution in [0.1, 0.15) is 24.2 Å². The lowest BCUT2D eigenvalue weighted by Gasteiger charge is -2.24. The molecule has 0 unspecified atom stereocenters. The number of methoxy groups -OCH3 is 1. The molecule has 0 saturated carbocycles. The van der Waals surface area contributed by atoms with E-state index < -0.39 is 18.3 Å². The smallest absolute Gasteiger partial charge is 0.407 e. The number of ether oxygens (including phenoxy) is 2. The van der Waals surface area contributed by atoms with Gasteiger partial charge in [-0.3, -0.25) is 0 Å². The summed E-state index contributed by atoms with van der Waals surface area (Å²) in [6, 6.07) is 17.0. The summed E-state index contributed by atoms with van der Waals surface area (Å²) in [5, 5.41) is 3.31. The van der Waals surface area contributed by atoms with E-state index in [-0.39, 0.29) is 0 Å². The van der Waals surface area contributed by atoms with Gasteiger partial charge in [0.1, 0.15) is 12.2 Å². The topological polar surface area (TPSA) is 47.6 Å². The number of nitrogens with one attached hydrogen (secondary N) is 1. The second-order valence-corrected chi connectivity index (χ2v) is 5.53. The molecule has 0 aromatic heterocycles. The first kappa shape index (κ1) is 17.3. The fourth-order valence-electron chi connectivity index (χ4n) is 2.32. The van der Waals surface area contributed by atoms with Crippen LogP contribution in [0.25, 0.3) is 0 Å². The Kier molecular flexibility index (Phi) is 6.44. The van der Waals surface area contributed by atoms with E-state index in [1.807, 2.05) is 48.5 Å². The summed E-state index contributed by atoms with van der Waals surface area (Å²) < 4.78 is 10.9. The first-order valence-corrected chi connectivity index (χ1v) is 7.75. The van der Waals surface area contributed by atoms with Gasteiger partial charge in [0.25, 0.3) is 0 Å². The lowest BCUT2D eigenvalue weighted by Crippen LogP contribution is -2.31. The third kappa shape index (κ3) is 4.98. The predicted molar refractivity (Wildman–Crippen MR) is 90.4 cm³/mol. The lowest BCUT2D eigenvalue weighted by molar-refractivity contribution is -0.0149. The maximum Gasteiger partial charge on any atom is 0.407 e. The van der Waals surface area contributed by atoms with Gasteiger partial charge < -0.3 is 14.8 Å². The van der Waals surface area contributed by atoms with Crippen LogP contribution in [0.3, 0.4) is 0 Å². The summed E-state index contributed by atoms with van der Waals surface area (Å²) in [6.07, 6.45) is -1.39. The van der Waals surface area contributed by atoms with Gasteiger partial charge in [-0.25, -0.2) is 4.79 Å². The van der Waals surface area contributed by atoms with Crippen LogP contribution in [0.15, 0.2) is 54.6 Å². The Labute approximate surface area is 141 Å². The zero-order valence-electron chi connectivity index (χ0n) is 13.2. The van der Waals surface area contributed by atoms with Gasteiger partial charge in [-0.1, -0.05) is 60.1 Å². The lowest BCUT2D eigenvalue weighted by atomic mass is 10.1. The van der Waals surface area contributed by atoms with Gasteiger partial charge in [0, 0.05) is 24.2 Å². The highest BCUT2D eigenvalue weighted by Gasteiger charge is 2.24. The fraction of sp³-hybridized carbons (Fsp3) is 0.278. The fourth-order valence-corrected chi connectivity index (χ4v) is 2.56. The van der Waals surface area contributed by atoms with E-state index in [9.17, 15) is 4.79 Å². The second-order valence-electron chi connectivity index (χ2n) is 5.13. The van der Waals surface area contributed by atoms with Crippen molar-refractivity contribution in [2.75, 3.05) is 7.11 Å². The summed E-state index contributed by atoms with van der Waals surface area (Å²) in [5.74, 6) is 0. The number of carbonyl (C=O) groups is 1. The van der Waals surface area contributed by atoms with E-state index in [0.717, 1.165) is 11.1 Å². The molecule has 0 radical (unpaired) electrons. The van der Waals surface area contributed by atoms with Crippen molar-refractivity contribution in [2.45, 2.75) is 25.7 Å². The summed E-state index contributed by atoms with van der Waals surface area (Å²) in [6.45, 7) is 2.19. The summed E-state index contributed by atoms with van der Waals surface area (Å²) in [5.41, 5.74) is 1.80. The van der Waals surface area contributed by atoms with E-state index in [1.54, 1.807) is 20.1 Å². The molecule has 0 fully saturated rings. The molecule has 0 spiro atoms. The molecule has 2 atom stereocenters. The third-order valence-corrected chi connectivity index (χ3v) is 3.81. The molecule has 1 amide bonds. The number of amides is 1. The highest BCUT2D eigenvalue weighted by molar-refractivity contribution is 6.31. The summed E-state index contributed by atoms with van der Waals surface area (Å²) in [4.78, 5) is 11.9.